The number of anilines is 1. The minimum absolute atomic E-state index is 0.520. The van der Waals surface area contributed by atoms with Crippen molar-refractivity contribution in [1.82, 2.24) is 0 Å². The molecular formula is C15H13BrN2O. The van der Waals surface area contributed by atoms with Gasteiger partial charge in [0.25, 0.3) is 0 Å². The van der Waals surface area contributed by atoms with E-state index in [1.807, 2.05) is 30.3 Å². The van der Waals surface area contributed by atoms with Crippen molar-refractivity contribution in [2.24, 2.45) is 0 Å². The maximum absolute atomic E-state index is 9.27. The second-order valence-corrected chi connectivity index (χ2v) is 5.63. The maximum Gasteiger partial charge on any atom is 0.123 e. The summed E-state index contributed by atoms with van der Waals surface area (Å²) in [6.45, 7) is 0.711. The summed E-state index contributed by atoms with van der Waals surface area (Å²) in [5.41, 5.74) is 1.69. The van der Waals surface area contributed by atoms with Gasteiger partial charge in [0.15, 0.2) is 0 Å². The number of hydrogen-bond acceptors (Lipinski definition) is 3. The Morgan fingerprint density at radius 1 is 1.37 bits per heavy atom. The first-order chi connectivity index (χ1) is 9.28. The molecule has 0 saturated heterocycles. The van der Waals surface area contributed by atoms with E-state index in [1.54, 1.807) is 6.26 Å². The van der Waals surface area contributed by atoms with Crippen molar-refractivity contribution in [2.45, 2.75) is 25.4 Å². The Kier molecular flexibility index (Phi) is 3.31. The molecule has 0 aliphatic heterocycles. The van der Waals surface area contributed by atoms with Gasteiger partial charge in [0.05, 0.1) is 24.1 Å². The van der Waals surface area contributed by atoms with E-state index in [0.29, 0.717) is 18.2 Å². The first-order valence-corrected chi connectivity index (χ1v) is 7.06. The highest BCUT2D eigenvalue weighted by atomic mass is 79.9. The van der Waals surface area contributed by atoms with Gasteiger partial charge in [-0.3, -0.25) is 0 Å². The van der Waals surface area contributed by atoms with Gasteiger partial charge in [0.1, 0.15) is 11.8 Å². The zero-order valence-electron chi connectivity index (χ0n) is 10.3. The summed E-state index contributed by atoms with van der Waals surface area (Å²) in [4.78, 5) is 2.27. The third kappa shape index (κ3) is 2.66. The molecular weight excluding hydrogens is 304 g/mol. The first-order valence-electron chi connectivity index (χ1n) is 6.26. The Morgan fingerprint density at radius 3 is 2.84 bits per heavy atom. The smallest absolute Gasteiger partial charge is 0.123 e. The fourth-order valence-corrected chi connectivity index (χ4v) is 2.55. The molecule has 1 heterocycles. The largest absolute Gasteiger partial charge is 0.467 e. The molecule has 1 fully saturated rings. The average Bonchev–Trinajstić information content (AvgIpc) is 3.13. The minimum atomic E-state index is 0.520. The molecule has 3 nitrogen and oxygen atoms in total. The quantitative estimate of drug-likeness (QED) is 0.853. The van der Waals surface area contributed by atoms with Crippen LogP contribution in [0.3, 0.4) is 0 Å². The standard InChI is InChI=1S/C15H13BrN2O/c16-12-4-3-11(9-17)15(8-12)18(13-5-6-13)10-14-2-1-7-19-14/h1-4,7-8,13H,5-6,10H2. The van der Waals surface area contributed by atoms with Crippen LogP contribution in [0, 0.1) is 11.3 Å². The highest BCUT2D eigenvalue weighted by molar-refractivity contribution is 9.10. The molecule has 19 heavy (non-hydrogen) atoms. The van der Waals surface area contributed by atoms with Gasteiger partial charge in [-0.2, -0.15) is 5.26 Å². The van der Waals surface area contributed by atoms with Crippen LogP contribution in [0.1, 0.15) is 24.2 Å². The second-order valence-electron chi connectivity index (χ2n) is 4.71. The van der Waals surface area contributed by atoms with Gasteiger partial charge in [-0.05, 0) is 43.2 Å². The summed E-state index contributed by atoms with van der Waals surface area (Å²) in [5.74, 6) is 0.927. The number of nitrogens with zero attached hydrogens (tertiary/aromatic N) is 2. The summed E-state index contributed by atoms with van der Waals surface area (Å²) < 4.78 is 6.42. The molecule has 0 unspecified atom stereocenters. The molecule has 2 aromatic rings. The Balaban J connectivity index is 1.96. The van der Waals surface area contributed by atoms with Crippen molar-refractivity contribution < 1.29 is 4.42 Å². The molecule has 96 valence electrons. The zero-order chi connectivity index (χ0) is 13.2. The molecule has 0 amide bonds. The van der Waals surface area contributed by atoms with Gasteiger partial charge in [-0.15, -0.1) is 0 Å². The Labute approximate surface area is 120 Å². The van der Waals surface area contributed by atoms with Crippen molar-refractivity contribution >= 4 is 21.6 Å². The summed E-state index contributed by atoms with van der Waals surface area (Å²) in [5, 5.41) is 9.27. The van der Waals surface area contributed by atoms with Crippen LogP contribution in [0.5, 0.6) is 0 Å². The van der Waals surface area contributed by atoms with E-state index < -0.39 is 0 Å². The van der Waals surface area contributed by atoms with Crippen molar-refractivity contribution in [2.75, 3.05) is 4.90 Å². The summed E-state index contributed by atoms with van der Waals surface area (Å²) in [6.07, 6.45) is 4.04. The summed E-state index contributed by atoms with van der Waals surface area (Å²) in [6, 6.07) is 12.4. The molecule has 3 rings (SSSR count). The van der Waals surface area contributed by atoms with Gasteiger partial charge >= 0.3 is 0 Å². The van der Waals surface area contributed by atoms with Crippen LogP contribution in [0.4, 0.5) is 5.69 Å². The van der Waals surface area contributed by atoms with Crippen LogP contribution in [-0.4, -0.2) is 6.04 Å². The highest BCUT2D eigenvalue weighted by Crippen LogP contribution is 2.36. The van der Waals surface area contributed by atoms with Crippen LogP contribution < -0.4 is 4.90 Å². The third-order valence-electron chi connectivity index (χ3n) is 3.28. The monoisotopic (exact) mass is 316 g/mol. The highest BCUT2D eigenvalue weighted by Gasteiger charge is 2.31. The number of nitriles is 1. The molecule has 4 heteroatoms. The van der Waals surface area contributed by atoms with Crippen LogP contribution >= 0.6 is 15.9 Å². The predicted molar refractivity (Wildman–Crippen MR) is 76.8 cm³/mol. The first kappa shape index (κ1) is 12.3. The minimum Gasteiger partial charge on any atom is -0.467 e. The van der Waals surface area contributed by atoms with Crippen LogP contribution in [0.25, 0.3) is 0 Å². The van der Waals surface area contributed by atoms with Crippen molar-refractivity contribution in [3.8, 4) is 6.07 Å². The second kappa shape index (κ2) is 5.10. The van der Waals surface area contributed by atoms with Crippen LogP contribution in [-0.2, 0) is 6.54 Å². The summed E-state index contributed by atoms with van der Waals surface area (Å²) >= 11 is 3.48. The molecule has 0 radical (unpaired) electrons. The zero-order valence-corrected chi connectivity index (χ0v) is 11.9. The lowest BCUT2D eigenvalue weighted by Crippen LogP contribution is -2.25. The number of hydrogen-bond donors (Lipinski definition) is 0. The fraction of sp³-hybridized carbons (Fsp3) is 0.267. The van der Waals surface area contributed by atoms with E-state index in [4.69, 9.17) is 4.42 Å². The van der Waals surface area contributed by atoms with E-state index >= 15 is 0 Å². The normalized spacial score (nSPS) is 14.1. The fourth-order valence-electron chi connectivity index (χ4n) is 2.20. The maximum atomic E-state index is 9.27. The van der Waals surface area contributed by atoms with Gasteiger partial charge in [0, 0.05) is 10.5 Å². The van der Waals surface area contributed by atoms with Crippen LogP contribution in [0.2, 0.25) is 0 Å². The lowest BCUT2D eigenvalue weighted by atomic mass is 10.1. The molecule has 1 aromatic carbocycles. The Bertz CT molecular complexity index is 612. The predicted octanol–water partition coefficient (Wildman–Crippen LogP) is 4.08. The van der Waals surface area contributed by atoms with E-state index in [-0.39, 0.29) is 0 Å². The molecule has 0 bridgehead atoms. The van der Waals surface area contributed by atoms with Crippen LogP contribution in [0.15, 0.2) is 45.5 Å². The Hall–Kier alpha value is -1.73. The average molecular weight is 317 g/mol. The number of rotatable bonds is 4. The third-order valence-corrected chi connectivity index (χ3v) is 3.78. The molecule has 1 aliphatic carbocycles. The van der Waals surface area contributed by atoms with E-state index in [2.05, 4.69) is 26.9 Å². The molecule has 0 N–H and O–H groups in total. The topological polar surface area (TPSA) is 40.2 Å². The molecule has 1 aliphatic rings. The van der Waals surface area contributed by atoms with Crippen molar-refractivity contribution in [3.63, 3.8) is 0 Å². The summed E-state index contributed by atoms with van der Waals surface area (Å²) in [7, 11) is 0. The van der Waals surface area contributed by atoms with Crippen molar-refractivity contribution in [3.05, 3.63) is 52.4 Å². The lowest BCUT2D eigenvalue weighted by molar-refractivity contribution is 0.501. The number of halogens is 1. The van der Waals surface area contributed by atoms with E-state index in [1.165, 1.54) is 12.8 Å². The number of benzene rings is 1. The number of furan rings is 1. The molecule has 1 saturated carbocycles. The van der Waals surface area contributed by atoms with Gasteiger partial charge in [-0.1, -0.05) is 15.9 Å². The van der Waals surface area contributed by atoms with Gasteiger partial charge in [0.2, 0.25) is 0 Å². The molecule has 0 atom stereocenters. The van der Waals surface area contributed by atoms with Gasteiger partial charge in [-0.25, -0.2) is 0 Å². The van der Waals surface area contributed by atoms with E-state index in [0.717, 1.165) is 15.9 Å². The van der Waals surface area contributed by atoms with E-state index in [9.17, 15) is 5.26 Å². The molecule has 0 spiro atoms. The Morgan fingerprint density at radius 2 is 2.21 bits per heavy atom. The van der Waals surface area contributed by atoms with Gasteiger partial charge < -0.3 is 9.32 Å². The van der Waals surface area contributed by atoms with Crippen molar-refractivity contribution in [1.29, 1.82) is 5.26 Å². The lowest BCUT2D eigenvalue weighted by Gasteiger charge is -2.24. The SMILES string of the molecule is N#Cc1ccc(Br)cc1N(Cc1ccco1)C1CC1. The molecule has 1 aromatic heterocycles.